The van der Waals surface area contributed by atoms with E-state index in [0.29, 0.717) is 32.2 Å². The molecule has 3 fully saturated rings. The van der Waals surface area contributed by atoms with Crippen LogP contribution in [-0.2, 0) is 10.1 Å². The van der Waals surface area contributed by atoms with Crippen LogP contribution in [0.1, 0.15) is 42.1 Å². The number of carboxylic acid groups (broad SMARTS) is 1. The molecule has 1 aromatic heterocycles. The van der Waals surface area contributed by atoms with Gasteiger partial charge in [-0.15, -0.1) is 0 Å². The molecule has 3 aliphatic rings. The fourth-order valence-electron chi connectivity index (χ4n) is 5.07. The van der Waals surface area contributed by atoms with Gasteiger partial charge in [0.05, 0.1) is 22.8 Å². The number of hydrogen-bond acceptors (Lipinski definition) is 8. The Hall–Kier alpha value is -3.04. The molecule has 37 heavy (non-hydrogen) atoms. The summed E-state index contributed by atoms with van der Waals surface area (Å²) in [7, 11) is -3.67. The summed E-state index contributed by atoms with van der Waals surface area (Å²) in [4.78, 5) is 26.2. The number of nitrogens with zero attached hydrogens (tertiary/aromatic N) is 2. The van der Waals surface area contributed by atoms with Crippen molar-refractivity contribution in [3.8, 4) is 5.75 Å². The van der Waals surface area contributed by atoms with Crippen LogP contribution in [0, 0.1) is 11.7 Å². The number of nitrogen functional groups attached to an aromatic ring is 1. The molecule has 204 valence electrons. The van der Waals surface area contributed by atoms with Crippen molar-refractivity contribution < 1.29 is 40.8 Å². The first-order chi connectivity index (χ1) is 17.3. The van der Waals surface area contributed by atoms with Crippen molar-refractivity contribution in [2.45, 2.75) is 44.4 Å². The van der Waals surface area contributed by atoms with Crippen LogP contribution >= 0.6 is 0 Å². The van der Waals surface area contributed by atoms with Crippen LogP contribution in [-0.4, -0.2) is 67.2 Å². The lowest BCUT2D eigenvalue weighted by atomic mass is 9.94. The second kappa shape index (κ2) is 10.0. The van der Waals surface area contributed by atoms with Gasteiger partial charge in [-0.05, 0) is 38.1 Å². The van der Waals surface area contributed by atoms with Gasteiger partial charge in [0.15, 0.2) is 11.6 Å². The number of hydrogen-bond donors (Lipinski definition) is 4. The van der Waals surface area contributed by atoms with E-state index in [4.69, 9.17) is 15.0 Å². The van der Waals surface area contributed by atoms with Crippen molar-refractivity contribution in [2.75, 3.05) is 36.5 Å². The molecule has 5 N–H and O–H groups in total. The molecule has 1 aliphatic carbocycles. The molecule has 0 spiro atoms. The number of fused-ring (bicyclic) bond motifs is 2. The Balaban J connectivity index is 0.000000586. The van der Waals surface area contributed by atoms with Gasteiger partial charge in [0.2, 0.25) is 5.43 Å². The van der Waals surface area contributed by atoms with Crippen LogP contribution < -0.4 is 26.1 Å². The summed E-state index contributed by atoms with van der Waals surface area (Å²) < 4.78 is 74.8. The van der Waals surface area contributed by atoms with Crippen molar-refractivity contribution in [2.24, 2.45) is 5.92 Å². The fraction of sp³-hybridized carbons (Fsp3) is 0.545. The van der Waals surface area contributed by atoms with Crippen molar-refractivity contribution in [1.29, 1.82) is 0 Å². The van der Waals surface area contributed by atoms with Crippen molar-refractivity contribution >= 4 is 38.4 Å². The Kier molecular flexibility index (Phi) is 7.32. The third-order valence-corrected chi connectivity index (χ3v) is 6.67. The topological polar surface area (TPSA) is 164 Å². The average Bonchev–Trinajstić information content (AvgIpc) is 3.54. The molecule has 0 radical (unpaired) electrons. The van der Waals surface area contributed by atoms with E-state index >= 15 is 4.39 Å². The highest BCUT2D eigenvalue weighted by Gasteiger charge is 2.39. The number of carboxylic acids is 1. The molecule has 11 nitrogen and oxygen atoms in total. The van der Waals surface area contributed by atoms with E-state index in [-0.39, 0.29) is 29.2 Å². The number of benzene rings is 1. The van der Waals surface area contributed by atoms with E-state index in [2.05, 4.69) is 5.32 Å². The molecule has 15 heteroatoms. The number of aromatic carboxylic acids is 1. The van der Waals surface area contributed by atoms with Gasteiger partial charge >= 0.3 is 12.6 Å². The molecular weight excluding hydrogens is 521 g/mol. The molecule has 2 aliphatic heterocycles. The van der Waals surface area contributed by atoms with Gasteiger partial charge in [-0.1, -0.05) is 0 Å². The van der Waals surface area contributed by atoms with Crippen LogP contribution in [0.3, 0.4) is 0 Å². The van der Waals surface area contributed by atoms with Gasteiger partial charge in [-0.2, -0.15) is 17.2 Å². The summed E-state index contributed by atoms with van der Waals surface area (Å²) in [5.41, 5.74) is 3.56. The third-order valence-electron chi connectivity index (χ3n) is 6.67. The van der Waals surface area contributed by atoms with Crippen molar-refractivity contribution in [3.05, 3.63) is 27.8 Å². The summed E-state index contributed by atoms with van der Waals surface area (Å²) in [5, 5.41) is 12.4. The van der Waals surface area contributed by atoms with E-state index in [1.54, 1.807) is 4.90 Å². The molecule has 2 saturated heterocycles. The number of nitrogens with two attached hydrogens (primary N) is 1. The largest absolute Gasteiger partial charge is 0.477 e. The lowest BCUT2D eigenvalue weighted by Crippen LogP contribution is -2.40. The van der Waals surface area contributed by atoms with E-state index in [1.807, 2.05) is 0 Å². The maximum absolute atomic E-state index is 15.6. The highest BCUT2D eigenvalue weighted by atomic mass is 32.2. The second-order valence-corrected chi connectivity index (χ2v) is 10.9. The summed E-state index contributed by atoms with van der Waals surface area (Å²) >= 11 is 0. The van der Waals surface area contributed by atoms with E-state index in [9.17, 15) is 31.9 Å². The van der Waals surface area contributed by atoms with E-state index < -0.39 is 56.3 Å². The predicted molar refractivity (Wildman–Crippen MR) is 129 cm³/mol. The first-order valence-corrected chi connectivity index (χ1v) is 13.4. The van der Waals surface area contributed by atoms with Gasteiger partial charge in [0.1, 0.15) is 11.3 Å². The first-order valence-electron chi connectivity index (χ1n) is 11.6. The standard InChI is InChI=1S/C21H23F3N4O4.CH4O3S/c22-14-15(25)13-16(28(10-3-4-10)7-11(18(13)29)20(30)31)19(32-21(23)24)17(14)27-6-9-2-1-5-26-12(9)8-27;1-5(2,3)4/h7,9-10,12,21,26H,1-6,8,25H2,(H,30,31);1H3,(H,2,3,4)/t9-,12+;/m0./s1. The molecule has 3 heterocycles. The number of aromatic nitrogens is 1. The van der Waals surface area contributed by atoms with Gasteiger partial charge in [0, 0.05) is 31.4 Å². The number of piperidine rings is 1. The molecule has 1 saturated carbocycles. The number of pyridine rings is 1. The average molecular weight is 549 g/mol. The normalized spacial score (nSPS) is 21.5. The van der Waals surface area contributed by atoms with Crippen molar-refractivity contribution in [3.63, 3.8) is 0 Å². The predicted octanol–water partition coefficient (Wildman–Crippen LogP) is 2.05. The third kappa shape index (κ3) is 5.62. The summed E-state index contributed by atoms with van der Waals surface area (Å²) in [6.07, 6.45) is 5.06. The van der Waals surface area contributed by atoms with Crippen LogP contribution in [0.5, 0.6) is 5.75 Å². The van der Waals surface area contributed by atoms with Crippen LogP contribution in [0.2, 0.25) is 0 Å². The molecule has 5 rings (SSSR count). The zero-order valence-corrected chi connectivity index (χ0v) is 20.6. The molecule has 0 unspecified atom stereocenters. The number of carbonyl (C=O) groups is 1. The highest BCUT2D eigenvalue weighted by molar-refractivity contribution is 7.85. The smallest absolute Gasteiger partial charge is 0.387 e. The Morgan fingerprint density at radius 3 is 2.46 bits per heavy atom. The number of nitrogens with one attached hydrogen (secondary N) is 1. The molecule has 0 amide bonds. The van der Waals surface area contributed by atoms with Gasteiger partial charge in [-0.3, -0.25) is 9.35 Å². The minimum absolute atomic E-state index is 0.0829. The van der Waals surface area contributed by atoms with E-state index in [1.165, 1.54) is 4.57 Å². The number of halogens is 3. The highest BCUT2D eigenvalue weighted by Crippen LogP contribution is 2.47. The molecule has 0 bridgehead atoms. The molecule has 2 atom stereocenters. The zero-order chi connectivity index (χ0) is 27.2. The maximum Gasteiger partial charge on any atom is 0.387 e. The van der Waals surface area contributed by atoms with Crippen molar-refractivity contribution in [1.82, 2.24) is 9.88 Å². The number of anilines is 2. The second-order valence-electron chi connectivity index (χ2n) is 9.42. The molecule has 2 aromatic rings. The SMILES string of the molecule is CS(=O)(=O)O.Nc1c(F)c(N2C[C@@H]3CCCN[C@@H]3C2)c(OC(F)F)c2c1c(=O)c(C(=O)O)cn2C1CC1. The minimum atomic E-state index is -3.67. The monoisotopic (exact) mass is 548 g/mol. The Bertz CT molecular complexity index is 1370. The summed E-state index contributed by atoms with van der Waals surface area (Å²) in [6, 6.07) is -0.128. The minimum Gasteiger partial charge on any atom is -0.477 e. The van der Waals surface area contributed by atoms with Gasteiger partial charge in [-0.25, -0.2) is 9.18 Å². The Labute approximate surface area is 209 Å². The zero-order valence-electron chi connectivity index (χ0n) is 19.8. The number of rotatable bonds is 5. The molecular formula is C22H27F3N4O7S. The van der Waals surface area contributed by atoms with Crippen LogP contribution in [0.4, 0.5) is 24.5 Å². The Morgan fingerprint density at radius 1 is 1.27 bits per heavy atom. The van der Waals surface area contributed by atoms with Gasteiger partial charge < -0.3 is 30.4 Å². The first kappa shape index (κ1) is 27.0. The maximum atomic E-state index is 15.6. The fourth-order valence-corrected chi connectivity index (χ4v) is 5.07. The summed E-state index contributed by atoms with van der Waals surface area (Å²) in [5.74, 6) is -2.80. The van der Waals surface area contributed by atoms with Crippen LogP contribution in [0.15, 0.2) is 11.0 Å². The quantitative estimate of drug-likeness (QED) is 0.321. The van der Waals surface area contributed by atoms with Crippen LogP contribution in [0.25, 0.3) is 10.9 Å². The molecule has 1 aromatic carbocycles. The summed E-state index contributed by atoms with van der Waals surface area (Å²) in [6.45, 7) is -1.63. The lowest BCUT2D eigenvalue weighted by Gasteiger charge is -2.26. The van der Waals surface area contributed by atoms with Gasteiger partial charge in [0.25, 0.3) is 10.1 Å². The lowest BCUT2D eigenvalue weighted by molar-refractivity contribution is -0.0488. The van der Waals surface area contributed by atoms with E-state index in [0.717, 1.165) is 25.6 Å². The number of ether oxygens (including phenoxy) is 1. The number of alkyl halides is 2. The Morgan fingerprint density at radius 2 is 1.92 bits per heavy atom.